The van der Waals surface area contributed by atoms with Gasteiger partial charge in [0.15, 0.2) is 0 Å². The molecule has 0 amide bonds. The highest BCUT2D eigenvalue weighted by molar-refractivity contribution is 9.10. The maximum absolute atomic E-state index is 4.74. The number of halogens is 1. The maximum atomic E-state index is 4.74. The van der Waals surface area contributed by atoms with Crippen LogP contribution in [-0.4, -0.2) is 16.5 Å². The van der Waals surface area contributed by atoms with Crippen LogP contribution >= 0.6 is 15.9 Å². The van der Waals surface area contributed by atoms with Gasteiger partial charge in [-0.25, -0.2) is 9.97 Å². The van der Waals surface area contributed by atoms with Gasteiger partial charge in [0.1, 0.15) is 11.6 Å². The summed E-state index contributed by atoms with van der Waals surface area (Å²) in [5.41, 5.74) is 1.14. The van der Waals surface area contributed by atoms with Gasteiger partial charge in [0.25, 0.3) is 0 Å². The Morgan fingerprint density at radius 1 is 1.33 bits per heavy atom. The summed E-state index contributed by atoms with van der Waals surface area (Å²) >= 11 is 3.64. The molecule has 0 aliphatic heterocycles. The van der Waals surface area contributed by atoms with Crippen molar-refractivity contribution in [1.29, 1.82) is 0 Å². The molecule has 0 bridgehead atoms. The first-order valence-electron chi connectivity index (χ1n) is 6.89. The third-order valence-corrected chi connectivity index (χ3v) is 3.91. The van der Waals surface area contributed by atoms with E-state index in [-0.39, 0.29) is 0 Å². The summed E-state index contributed by atoms with van der Waals surface area (Å²) in [5, 5.41) is 3.33. The van der Waals surface area contributed by atoms with Crippen LogP contribution in [0.25, 0.3) is 0 Å². The van der Waals surface area contributed by atoms with Crippen LogP contribution in [-0.2, 0) is 12.8 Å². The van der Waals surface area contributed by atoms with E-state index in [4.69, 9.17) is 4.98 Å². The van der Waals surface area contributed by atoms with Gasteiger partial charge in [-0.3, -0.25) is 0 Å². The molecule has 2 rings (SSSR count). The Kier molecular flexibility index (Phi) is 4.60. The lowest BCUT2D eigenvalue weighted by Crippen LogP contribution is -2.10. The first-order chi connectivity index (χ1) is 8.60. The minimum atomic E-state index is 0.611. The number of anilines is 1. The summed E-state index contributed by atoms with van der Waals surface area (Å²) in [6.07, 6.45) is 4.72. The van der Waals surface area contributed by atoms with Crippen LogP contribution in [0.1, 0.15) is 45.1 Å². The Morgan fingerprint density at radius 2 is 2.06 bits per heavy atom. The highest BCUT2D eigenvalue weighted by Gasteiger charge is 2.24. The van der Waals surface area contributed by atoms with Crippen molar-refractivity contribution in [2.45, 2.75) is 46.5 Å². The summed E-state index contributed by atoms with van der Waals surface area (Å²) in [4.78, 5) is 9.38. The number of rotatable bonds is 6. The van der Waals surface area contributed by atoms with E-state index in [1.54, 1.807) is 0 Å². The molecule has 3 nitrogen and oxygen atoms in total. The molecule has 1 aromatic heterocycles. The third-order valence-electron chi connectivity index (χ3n) is 3.08. The van der Waals surface area contributed by atoms with Crippen molar-refractivity contribution in [2.75, 3.05) is 11.9 Å². The number of hydrogen-bond acceptors (Lipinski definition) is 3. The molecule has 1 aliphatic carbocycles. The Morgan fingerprint density at radius 3 is 2.61 bits per heavy atom. The van der Waals surface area contributed by atoms with Crippen LogP contribution in [0.4, 0.5) is 5.82 Å². The number of nitrogens with zero attached hydrogens (tertiary/aromatic N) is 2. The Hall–Kier alpha value is -0.640. The number of aromatic nitrogens is 2. The molecule has 1 heterocycles. The lowest BCUT2D eigenvalue weighted by molar-refractivity contribution is 0.625. The van der Waals surface area contributed by atoms with Gasteiger partial charge in [-0.2, -0.15) is 0 Å². The summed E-state index contributed by atoms with van der Waals surface area (Å²) in [6, 6.07) is 0. The van der Waals surface area contributed by atoms with Crippen molar-refractivity contribution in [3.8, 4) is 0 Å². The predicted octanol–water partition coefficient (Wildman–Crippen LogP) is 3.82. The zero-order valence-corrected chi connectivity index (χ0v) is 13.0. The SMILES string of the molecule is CCNc1nc(CC2CC2)nc(CC(C)C)c1Br. The molecule has 1 saturated carbocycles. The van der Waals surface area contributed by atoms with E-state index >= 15 is 0 Å². The topological polar surface area (TPSA) is 37.8 Å². The van der Waals surface area contributed by atoms with Crippen LogP contribution in [0.15, 0.2) is 4.47 Å². The van der Waals surface area contributed by atoms with Gasteiger partial charge >= 0.3 is 0 Å². The average Bonchev–Trinajstić information content (AvgIpc) is 3.08. The van der Waals surface area contributed by atoms with Crippen molar-refractivity contribution < 1.29 is 0 Å². The molecular weight excluding hydrogens is 290 g/mol. The van der Waals surface area contributed by atoms with E-state index in [0.29, 0.717) is 5.92 Å². The van der Waals surface area contributed by atoms with Gasteiger partial charge in [-0.15, -0.1) is 0 Å². The predicted molar refractivity (Wildman–Crippen MR) is 78.9 cm³/mol. The normalized spacial score (nSPS) is 15.2. The second-order valence-electron chi connectivity index (χ2n) is 5.52. The maximum Gasteiger partial charge on any atom is 0.144 e. The first kappa shape index (κ1) is 13.8. The zero-order chi connectivity index (χ0) is 13.1. The smallest absolute Gasteiger partial charge is 0.144 e. The summed E-state index contributed by atoms with van der Waals surface area (Å²) in [6.45, 7) is 7.43. The molecule has 0 atom stereocenters. The van der Waals surface area contributed by atoms with Crippen LogP contribution in [0.5, 0.6) is 0 Å². The second-order valence-corrected chi connectivity index (χ2v) is 6.32. The van der Waals surface area contributed by atoms with Crippen molar-refractivity contribution >= 4 is 21.7 Å². The van der Waals surface area contributed by atoms with E-state index < -0.39 is 0 Å². The van der Waals surface area contributed by atoms with Gasteiger partial charge < -0.3 is 5.32 Å². The monoisotopic (exact) mass is 311 g/mol. The fourth-order valence-electron chi connectivity index (χ4n) is 2.02. The third kappa shape index (κ3) is 3.67. The molecule has 100 valence electrons. The molecule has 0 spiro atoms. The summed E-state index contributed by atoms with van der Waals surface area (Å²) in [7, 11) is 0. The van der Waals surface area contributed by atoms with Crippen molar-refractivity contribution in [2.24, 2.45) is 11.8 Å². The van der Waals surface area contributed by atoms with Crippen LogP contribution in [0, 0.1) is 11.8 Å². The minimum Gasteiger partial charge on any atom is -0.369 e. The lowest BCUT2D eigenvalue weighted by Gasteiger charge is -2.13. The van der Waals surface area contributed by atoms with Crippen molar-refractivity contribution in [3.05, 3.63) is 16.0 Å². The lowest BCUT2D eigenvalue weighted by atomic mass is 10.1. The van der Waals surface area contributed by atoms with Gasteiger partial charge in [-0.05, 0) is 54.0 Å². The van der Waals surface area contributed by atoms with Crippen LogP contribution < -0.4 is 5.32 Å². The molecule has 1 aromatic rings. The fourth-order valence-corrected chi connectivity index (χ4v) is 2.50. The van der Waals surface area contributed by atoms with E-state index in [2.05, 4.69) is 47.0 Å². The van der Waals surface area contributed by atoms with Gasteiger partial charge in [0.2, 0.25) is 0 Å². The van der Waals surface area contributed by atoms with Gasteiger partial charge in [-0.1, -0.05) is 13.8 Å². The molecular formula is C14H22BrN3. The number of nitrogens with one attached hydrogen (secondary N) is 1. The molecule has 0 unspecified atom stereocenters. The number of hydrogen-bond donors (Lipinski definition) is 1. The second kappa shape index (κ2) is 6.00. The Balaban J connectivity index is 2.26. The van der Waals surface area contributed by atoms with E-state index in [9.17, 15) is 0 Å². The van der Waals surface area contributed by atoms with Crippen molar-refractivity contribution in [3.63, 3.8) is 0 Å². The Labute approximate surface area is 118 Å². The molecule has 1 fully saturated rings. The van der Waals surface area contributed by atoms with Crippen molar-refractivity contribution in [1.82, 2.24) is 9.97 Å². The molecule has 1 aliphatic rings. The fraction of sp³-hybridized carbons (Fsp3) is 0.714. The Bertz CT molecular complexity index is 414. The molecule has 0 aromatic carbocycles. The summed E-state index contributed by atoms with van der Waals surface area (Å²) < 4.78 is 1.04. The highest BCUT2D eigenvalue weighted by atomic mass is 79.9. The largest absolute Gasteiger partial charge is 0.369 e. The van der Waals surface area contributed by atoms with Gasteiger partial charge in [0, 0.05) is 13.0 Å². The highest BCUT2D eigenvalue weighted by Crippen LogP contribution is 2.33. The molecule has 18 heavy (non-hydrogen) atoms. The quantitative estimate of drug-likeness (QED) is 0.867. The molecule has 4 heteroatoms. The molecule has 0 radical (unpaired) electrons. The minimum absolute atomic E-state index is 0.611. The van der Waals surface area contributed by atoms with Gasteiger partial charge in [0.05, 0.1) is 10.2 Å². The molecule has 1 N–H and O–H groups in total. The zero-order valence-electron chi connectivity index (χ0n) is 11.5. The van der Waals surface area contributed by atoms with E-state index in [1.807, 2.05) is 0 Å². The summed E-state index contributed by atoms with van der Waals surface area (Å²) in [5.74, 6) is 3.40. The van der Waals surface area contributed by atoms with Crippen LogP contribution in [0.2, 0.25) is 0 Å². The standard InChI is InChI=1S/C14H22BrN3/c1-4-16-14-13(15)11(7-9(2)3)17-12(18-14)8-10-5-6-10/h9-10H,4-8H2,1-3H3,(H,16,17,18). The molecule has 0 saturated heterocycles. The average molecular weight is 312 g/mol. The van der Waals surface area contributed by atoms with E-state index in [1.165, 1.54) is 12.8 Å². The first-order valence-corrected chi connectivity index (χ1v) is 7.68. The van der Waals surface area contributed by atoms with Crippen LogP contribution in [0.3, 0.4) is 0 Å². The van der Waals surface area contributed by atoms with E-state index in [0.717, 1.165) is 47.1 Å².